The molecule has 0 saturated carbocycles. The number of nitrogens with two attached hydrogens (primary N) is 4. The molecule has 0 amide bonds. The Kier molecular flexibility index (Phi) is 173. The number of hydrogen-bond acceptors (Lipinski definition) is 12. The van der Waals surface area contributed by atoms with Crippen LogP contribution in [-0.4, -0.2) is 65.6 Å². The Balaban J connectivity index is -0.0000000308. The van der Waals surface area contributed by atoms with Gasteiger partial charge in [0.25, 0.3) is 8.25 Å². The van der Waals surface area contributed by atoms with Crippen LogP contribution < -0.4 is 102 Å². The van der Waals surface area contributed by atoms with E-state index in [2.05, 4.69) is 85.5 Å². The molecule has 12 nitrogen and oxygen atoms in total. The third-order valence-electron chi connectivity index (χ3n) is 2.22. The summed E-state index contributed by atoms with van der Waals surface area (Å²) >= 11 is 0. The Bertz CT molecular complexity index is 348. The third-order valence-corrected chi connectivity index (χ3v) is 3.00. The van der Waals surface area contributed by atoms with Gasteiger partial charge in [-0.2, -0.15) is 0 Å². The van der Waals surface area contributed by atoms with Gasteiger partial charge in [-0.3, -0.25) is 0 Å². The Morgan fingerprint density at radius 1 is 0.632 bits per heavy atom. The molecule has 0 aliphatic carbocycles. The van der Waals surface area contributed by atoms with E-state index in [1.54, 1.807) is 0 Å². The maximum atomic E-state index is 10.4. The zero-order chi connectivity index (χ0) is 30.5. The summed E-state index contributed by atoms with van der Waals surface area (Å²) in [7, 11) is -5.14. The molecule has 1 rings (SSSR count). The van der Waals surface area contributed by atoms with Gasteiger partial charge in [-0.15, -0.1) is 74.8 Å². The summed E-state index contributed by atoms with van der Waals surface area (Å²) in [6.07, 6.45) is 1.92. The van der Waals surface area contributed by atoms with E-state index in [0.717, 1.165) is 39.0 Å². The Morgan fingerprint density at radius 3 is 0.974 bits per heavy atom. The molecule has 0 radical (unpaired) electrons. The summed E-state index contributed by atoms with van der Waals surface area (Å²) in [5.74, 6) is 0. The van der Waals surface area contributed by atoms with E-state index in [-0.39, 0.29) is 59.1 Å². The van der Waals surface area contributed by atoms with E-state index in [1.165, 1.54) is 0 Å². The van der Waals surface area contributed by atoms with E-state index in [9.17, 15) is 4.57 Å². The normalized spacial score (nSPS) is 9.47. The second-order valence-electron chi connectivity index (χ2n) is 4.48. The van der Waals surface area contributed by atoms with Gasteiger partial charge < -0.3 is 43.4 Å². The van der Waals surface area contributed by atoms with E-state index in [1.807, 2.05) is 0 Å². The molecule has 0 spiro atoms. The monoisotopic (exact) mass is 606 g/mol. The van der Waals surface area contributed by atoms with E-state index in [0.29, 0.717) is 39.4 Å². The molecule has 0 aromatic rings. The van der Waals surface area contributed by atoms with Crippen LogP contribution in [0.25, 0.3) is 0 Å². The minimum absolute atomic E-state index is 0. The van der Waals surface area contributed by atoms with Crippen molar-refractivity contribution in [2.24, 2.45) is 22.9 Å². The number of hydrogen-bond donors (Lipinski definition) is 6. The fourth-order valence-electron chi connectivity index (χ4n) is 1.18. The quantitative estimate of drug-likeness (QED) is 0.0660. The van der Waals surface area contributed by atoms with Crippen molar-refractivity contribution in [3.05, 3.63) is 65.8 Å². The maximum Gasteiger partial charge on any atom is 1.00 e. The first-order chi connectivity index (χ1) is 17.5. The fourth-order valence-corrected chi connectivity index (χ4v) is 1.81. The predicted octanol–water partition coefficient (Wildman–Crippen LogP) is -5.16. The smallest absolute Gasteiger partial charge is 0.598 e. The molecule has 1 heterocycles. The SMILES string of the molecule is C=C.C=C.C=C.C=C.C=C.NCCNCCN.NCCNCCN.O=[P+]([O-])[O-].O=[P+]1OCCCCO1.[Na+].[Na+]. The van der Waals surface area contributed by atoms with Crippen molar-refractivity contribution in [3.63, 3.8) is 0 Å². The first kappa shape index (κ1) is 66.7. The van der Waals surface area contributed by atoms with Gasteiger partial charge in [-0.1, -0.05) is 4.57 Å². The molecule has 1 saturated heterocycles. The summed E-state index contributed by atoms with van der Waals surface area (Å²) < 4.78 is 28.2. The van der Waals surface area contributed by atoms with Gasteiger partial charge in [0.15, 0.2) is 0 Å². The minimum Gasteiger partial charge on any atom is -0.598 e. The van der Waals surface area contributed by atoms with Crippen LogP contribution in [0.3, 0.4) is 0 Å². The third kappa shape index (κ3) is 150. The molecule has 0 unspecified atom stereocenters. The number of rotatable bonds is 8. The first-order valence-electron chi connectivity index (χ1n) is 10.7. The summed E-state index contributed by atoms with van der Waals surface area (Å²) in [5, 5.41) is 6.07. The van der Waals surface area contributed by atoms with Gasteiger partial charge in [0, 0.05) is 56.9 Å². The molecule has 10 N–H and O–H groups in total. The average molecular weight is 607 g/mol. The van der Waals surface area contributed by atoms with Gasteiger partial charge in [-0.25, -0.2) is 0 Å². The second kappa shape index (κ2) is 98.7. The van der Waals surface area contributed by atoms with Crippen LogP contribution in [0.5, 0.6) is 0 Å². The van der Waals surface area contributed by atoms with Crippen molar-refractivity contribution in [3.8, 4) is 0 Å². The Hall–Kier alpha value is 0.500. The van der Waals surface area contributed by atoms with Crippen LogP contribution in [0.2, 0.25) is 0 Å². The van der Waals surface area contributed by atoms with Crippen molar-refractivity contribution in [1.82, 2.24) is 10.6 Å². The van der Waals surface area contributed by atoms with Crippen LogP contribution in [0.15, 0.2) is 65.8 Å². The van der Waals surface area contributed by atoms with Gasteiger partial charge >= 0.3 is 67.4 Å². The topological polar surface area (TPSA) is 227 Å². The van der Waals surface area contributed by atoms with Gasteiger partial charge in [0.2, 0.25) is 0 Å². The predicted molar refractivity (Wildman–Crippen MR) is 155 cm³/mol. The Morgan fingerprint density at radius 2 is 0.816 bits per heavy atom. The summed E-state index contributed by atoms with van der Waals surface area (Å²) in [4.78, 5) is 17.0. The molecule has 0 atom stereocenters. The largest absolute Gasteiger partial charge is 1.00 e. The van der Waals surface area contributed by atoms with Gasteiger partial charge in [0.05, 0.1) is 0 Å². The fraction of sp³-hybridized carbons (Fsp3) is 0.545. The molecule has 218 valence electrons. The van der Waals surface area contributed by atoms with Crippen LogP contribution in [0.1, 0.15) is 12.8 Å². The molecular weight excluding hydrogens is 552 g/mol. The molecule has 1 fully saturated rings. The zero-order valence-electron chi connectivity index (χ0n) is 24.2. The molecule has 16 heteroatoms. The molecule has 1 aliphatic heterocycles. The summed E-state index contributed by atoms with van der Waals surface area (Å²) in [6.45, 7) is 37.4. The van der Waals surface area contributed by atoms with E-state index in [4.69, 9.17) is 37.3 Å². The molecule has 38 heavy (non-hydrogen) atoms. The minimum atomic E-state index is -3.37. The molecule has 0 aromatic heterocycles. The Labute approximate surface area is 279 Å². The van der Waals surface area contributed by atoms with Crippen molar-refractivity contribution in [2.75, 3.05) is 65.6 Å². The summed E-state index contributed by atoms with van der Waals surface area (Å²) in [5.41, 5.74) is 20.7. The van der Waals surface area contributed by atoms with Gasteiger partial charge in [0.1, 0.15) is 13.2 Å². The standard InChI is InChI=1S/2C4H13N3.C4H8O3P.5C2H4.2Na.HO3P/c2*5-1-3-7-4-2-6;5-8-6-3-1-2-4-7-8;5*1-2;;;1-4(2)3/h2*7H,1-6H2;1-4H2;5*1-2H2;;;(H,1,2,3)/q;;+1;;;;;;2*+1;/p-1. The van der Waals surface area contributed by atoms with Crippen LogP contribution in [0.4, 0.5) is 0 Å². The maximum absolute atomic E-state index is 10.4. The van der Waals surface area contributed by atoms with Crippen molar-refractivity contribution >= 4 is 16.5 Å². The van der Waals surface area contributed by atoms with Crippen LogP contribution >= 0.6 is 16.5 Å². The average Bonchev–Trinajstić information content (AvgIpc) is 3.18. The summed E-state index contributed by atoms with van der Waals surface area (Å²) in [6, 6.07) is 0. The van der Waals surface area contributed by atoms with E-state index < -0.39 is 16.5 Å². The number of nitrogens with one attached hydrogen (secondary N) is 2. The molecule has 0 aromatic carbocycles. The molecule has 1 aliphatic rings. The van der Waals surface area contributed by atoms with E-state index >= 15 is 0 Å². The zero-order valence-corrected chi connectivity index (χ0v) is 30.0. The van der Waals surface area contributed by atoms with Crippen molar-refractivity contribution in [1.29, 1.82) is 0 Å². The second-order valence-corrected chi connectivity index (χ2v) is 5.89. The van der Waals surface area contributed by atoms with Crippen LogP contribution in [0, 0.1) is 0 Å². The van der Waals surface area contributed by atoms with Crippen LogP contribution in [-0.2, 0) is 18.2 Å². The van der Waals surface area contributed by atoms with Crippen molar-refractivity contribution < 1.29 is 87.1 Å². The first-order valence-corrected chi connectivity index (χ1v) is 12.9. The van der Waals surface area contributed by atoms with Crippen molar-refractivity contribution in [2.45, 2.75) is 12.8 Å². The molecular formula is C22H54N6Na2O6P2+2. The molecule has 0 bridgehead atoms. The van der Waals surface area contributed by atoms with Gasteiger partial charge in [-0.05, 0) is 12.8 Å².